The third kappa shape index (κ3) is 4.73. The summed E-state index contributed by atoms with van der Waals surface area (Å²) >= 11 is 0. The third-order valence-electron chi connectivity index (χ3n) is 10.9. The maximum atomic E-state index is 14.0. The molecule has 4 atom stereocenters. The number of hydrogen-bond donors (Lipinski definition) is 3. The Labute approximate surface area is 274 Å². The monoisotopic (exact) mass is 681 g/mol. The predicted molar refractivity (Wildman–Crippen MR) is 156 cm³/mol. The third-order valence-corrected chi connectivity index (χ3v) is 12.7. The van der Waals surface area contributed by atoms with E-state index >= 15 is 0 Å². The molecule has 4 fully saturated rings. The number of aliphatic hydroxyl groups excluding tert-OH is 1. The number of carbonyl (C=O) groups excluding carboxylic acids is 2. The molecule has 8 rings (SSSR count). The van der Waals surface area contributed by atoms with E-state index in [-0.39, 0.29) is 47.9 Å². The number of amides is 2. The Morgan fingerprint density at radius 1 is 1.04 bits per heavy atom. The lowest BCUT2D eigenvalue weighted by Crippen LogP contribution is -3.00. The predicted octanol–water partition coefficient (Wildman–Crippen LogP) is -5.80. The molecule has 0 radical (unpaired) electrons. The van der Waals surface area contributed by atoms with Gasteiger partial charge in [0, 0.05) is 16.9 Å². The number of halogens is 2. The number of anilines is 1. The lowest BCUT2D eigenvalue weighted by molar-refractivity contribution is -1.08. The van der Waals surface area contributed by atoms with Crippen LogP contribution in [-0.4, -0.2) is 115 Å². The first-order chi connectivity index (χ1) is 20.3. The normalized spacial score (nSPS) is 31.3. The second-order valence-corrected chi connectivity index (χ2v) is 15.0. The van der Waals surface area contributed by atoms with Gasteiger partial charge in [0.05, 0.1) is 35.2 Å². The van der Waals surface area contributed by atoms with Crippen LogP contribution < -0.4 is 34.9 Å². The van der Waals surface area contributed by atoms with Gasteiger partial charge in [-0.2, -0.15) is 0 Å². The highest BCUT2D eigenvalue weighted by Gasteiger charge is 2.60. The van der Waals surface area contributed by atoms with Gasteiger partial charge in [-0.1, -0.05) is 25.1 Å². The number of aliphatic carboxylic acids is 1. The average molecular weight is 683 g/mol. The molecule has 6 aliphatic heterocycles. The van der Waals surface area contributed by atoms with Crippen LogP contribution in [0.4, 0.5) is 5.69 Å². The first-order valence-corrected chi connectivity index (χ1v) is 16.3. The molecule has 2 aromatic carbocycles. The molecule has 2 amide bonds. The number of carboxylic acids is 1. The van der Waals surface area contributed by atoms with Crippen LogP contribution >= 0.6 is 0 Å². The van der Waals surface area contributed by atoms with Crippen LogP contribution in [0.1, 0.15) is 19.4 Å². The van der Waals surface area contributed by atoms with Crippen molar-refractivity contribution in [3.05, 3.63) is 47.2 Å². The van der Waals surface area contributed by atoms with E-state index in [9.17, 15) is 33.0 Å². The highest BCUT2D eigenvalue weighted by Crippen LogP contribution is 2.50. The van der Waals surface area contributed by atoms with Gasteiger partial charge in [0.1, 0.15) is 51.5 Å². The van der Waals surface area contributed by atoms with Crippen LogP contribution in [0.15, 0.2) is 46.5 Å². The van der Waals surface area contributed by atoms with Crippen LogP contribution in [-0.2, 0) is 31.0 Å². The van der Waals surface area contributed by atoms with Crippen molar-refractivity contribution in [2.24, 2.45) is 17.6 Å². The van der Waals surface area contributed by atoms with E-state index in [2.05, 4.69) is 0 Å². The summed E-state index contributed by atoms with van der Waals surface area (Å²) in [6.45, 7) is 9.69. The Hall–Kier alpha value is -2.94. The number of piperazine rings is 3. The summed E-state index contributed by atoms with van der Waals surface area (Å²) in [5.74, 6) is -3.17. The summed E-state index contributed by atoms with van der Waals surface area (Å²) < 4.78 is 30.9. The Bertz CT molecular complexity index is 1740. The molecule has 45 heavy (non-hydrogen) atoms. The molecule has 6 heterocycles. The van der Waals surface area contributed by atoms with Crippen molar-refractivity contribution in [1.82, 2.24) is 4.90 Å². The van der Waals surface area contributed by atoms with Gasteiger partial charge in [-0.3, -0.25) is 13.9 Å². The Morgan fingerprint density at radius 3 is 2.24 bits per heavy atom. The van der Waals surface area contributed by atoms with Crippen molar-refractivity contribution in [2.75, 3.05) is 56.7 Å². The Kier molecular flexibility index (Phi) is 8.24. The minimum absolute atomic E-state index is 0. The number of primary amides is 1. The molecule has 6 aliphatic rings. The number of rotatable bonds is 8. The van der Waals surface area contributed by atoms with E-state index in [0.29, 0.717) is 23.2 Å². The van der Waals surface area contributed by atoms with Crippen LogP contribution in [0.25, 0.3) is 10.8 Å². The van der Waals surface area contributed by atoms with E-state index in [0.717, 1.165) is 65.7 Å². The van der Waals surface area contributed by atoms with Gasteiger partial charge < -0.3 is 54.6 Å². The van der Waals surface area contributed by atoms with E-state index in [4.69, 9.17) is 5.73 Å². The van der Waals surface area contributed by atoms with Gasteiger partial charge in [-0.25, -0.2) is 13.2 Å². The number of nitrogens with two attached hydrogens (primary N) is 1. The molecule has 15 heteroatoms. The molecule has 0 saturated carbocycles. The number of aliphatic hydroxyl groups is 1. The average Bonchev–Trinajstić information content (AvgIpc) is 3.32. The highest BCUT2D eigenvalue weighted by atomic mass is 35.5. The summed E-state index contributed by atoms with van der Waals surface area (Å²) in [6, 6.07) is 8.60. The summed E-state index contributed by atoms with van der Waals surface area (Å²) in [7, 11) is -4.00. The Morgan fingerprint density at radius 2 is 1.67 bits per heavy atom. The number of sulfonamides is 1. The summed E-state index contributed by atoms with van der Waals surface area (Å²) in [5, 5.41) is 21.8. The quantitative estimate of drug-likeness (QED) is 0.185. The number of nitrogens with zero attached hydrogens (tertiary/aromatic N) is 4. The van der Waals surface area contributed by atoms with E-state index in [1.165, 1.54) is 16.1 Å². The lowest BCUT2D eigenvalue weighted by atomic mass is 9.78. The van der Waals surface area contributed by atoms with Gasteiger partial charge in [-0.15, -0.1) is 0 Å². The largest absolute Gasteiger partial charge is 1.00 e. The van der Waals surface area contributed by atoms with Crippen molar-refractivity contribution < 1.29 is 66.8 Å². The number of fused-ring (bicyclic) bond motifs is 4. The second-order valence-electron chi connectivity index (χ2n) is 13.2. The molecular weight excluding hydrogens is 645 g/mol. The van der Waals surface area contributed by atoms with Gasteiger partial charge in [0.2, 0.25) is 5.91 Å². The molecule has 0 unspecified atom stereocenters. The van der Waals surface area contributed by atoms with Gasteiger partial charge in [-0.05, 0) is 30.0 Å². The topological polar surface area (TPSA) is 158 Å². The first-order valence-electron chi connectivity index (χ1n) is 14.8. The standard InChI is InChI=1S/C30H35N5O7S.2ClH/c1-17-21(28(30(39)40)33-27(17)25(18(2)36)29(33)38)14-32-22-7-6-19(20-4-3-5-23(26(20)22)43(32,41)42)15-34-8-11-35(12-9-34,13-10-34)16-24(31)37;;/h3-7,17-18,25,27,36H,8-16H2,1-2H3,(H-2,31,37,39,40);2*1H/t17-,18+,25+,27+,34?,35?;;/m0../s1. The summed E-state index contributed by atoms with van der Waals surface area (Å²) in [4.78, 5) is 38.3. The number of carbonyl (C=O) groups is 3. The fraction of sp³-hybridized carbons (Fsp3) is 0.500. The van der Waals surface area contributed by atoms with Gasteiger partial charge in [0.25, 0.3) is 15.9 Å². The summed E-state index contributed by atoms with van der Waals surface area (Å²) in [5.41, 5.74) is 7.27. The molecule has 12 nitrogen and oxygen atoms in total. The van der Waals surface area contributed by atoms with Crippen molar-refractivity contribution in [1.29, 1.82) is 0 Å². The minimum atomic E-state index is -4.00. The van der Waals surface area contributed by atoms with Crippen molar-refractivity contribution >= 4 is 44.3 Å². The zero-order valence-electron chi connectivity index (χ0n) is 25.0. The molecule has 244 valence electrons. The molecule has 0 aliphatic carbocycles. The second kappa shape index (κ2) is 11.1. The molecule has 2 aromatic rings. The minimum Gasteiger partial charge on any atom is -1.00 e. The molecular formula is C30H37Cl2N5O7S. The first kappa shape index (κ1) is 33.4. The van der Waals surface area contributed by atoms with Crippen molar-refractivity contribution in [3.63, 3.8) is 0 Å². The zero-order valence-corrected chi connectivity index (χ0v) is 27.4. The fourth-order valence-corrected chi connectivity index (χ4v) is 10.2. The number of hydrogen-bond acceptors (Lipinski definition) is 6. The van der Waals surface area contributed by atoms with Crippen LogP contribution in [0, 0.1) is 11.8 Å². The van der Waals surface area contributed by atoms with E-state index in [1.807, 2.05) is 18.2 Å². The molecule has 0 aromatic heterocycles. The maximum Gasteiger partial charge on any atom is 0.352 e. The SMILES string of the molecule is C[C@@H](O)[C@H]1C(=O)N2C(C(=O)O)=C(CN3c4ccc(C[N+]56CC[N+](CC(N)=O)(CC5)CC6)c5cccc(c45)S3(=O)=O)[C@H](C)[C@H]12.[Cl-].[Cl-]. The number of carboxylic acid groups (broad SMARTS) is 1. The number of benzene rings is 2. The smallest absolute Gasteiger partial charge is 0.352 e. The van der Waals surface area contributed by atoms with Crippen LogP contribution in [0.2, 0.25) is 0 Å². The highest BCUT2D eigenvalue weighted by molar-refractivity contribution is 7.93. The van der Waals surface area contributed by atoms with Crippen molar-refractivity contribution in [3.8, 4) is 0 Å². The zero-order chi connectivity index (χ0) is 30.6. The van der Waals surface area contributed by atoms with Crippen LogP contribution in [0.5, 0.6) is 0 Å². The molecule has 0 spiro atoms. The van der Waals surface area contributed by atoms with Crippen LogP contribution in [0.3, 0.4) is 0 Å². The lowest BCUT2D eigenvalue weighted by Gasteiger charge is -2.55. The van der Waals surface area contributed by atoms with E-state index in [1.54, 1.807) is 19.1 Å². The Balaban J connectivity index is 0.00000200. The van der Waals surface area contributed by atoms with Crippen molar-refractivity contribution in [2.45, 2.75) is 37.4 Å². The number of β-lactam (4-membered cyclic amide) rings is 1. The van der Waals surface area contributed by atoms with Gasteiger partial charge in [0.15, 0.2) is 6.54 Å². The molecule has 4 N–H and O–H groups in total. The molecule has 4 saturated heterocycles. The maximum absolute atomic E-state index is 14.0. The van der Waals surface area contributed by atoms with E-state index < -0.39 is 45.9 Å². The fourth-order valence-electron chi connectivity index (χ4n) is 8.51. The molecule has 2 bridgehead atoms. The summed E-state index contributed by atoms with van der Waals surface area (Å²) in [6.07, 6.45) is -0.942. The number of quaternary nitrogens is 2. The van der Waals surface area contributed by atoms with Gasteiger partial charge >= 0.3 is 5.97 Å².